The molecule has 1 amide bonds. The number of fused-ring (bicyclic) bond motifs is 1. The lowest BCUT2D eigenvalue weighted by molar-refractivity contribution is -0.114. The van der Waals surface area contributed by atoms with Gasteiger partial charge in [-0.15, -0.1) is 0 Å². The van der Waals surface area contributed by atoms with Crippen LogP contribution in [-0.4, -0.2) is 20.9 Å². The Hall–Kier alpha value is -3.06. The molecule has 4 aromatic rings. The number of carbonyl (C=O) groups is 1. The summed E-state index contributed by atoms with van der Waals surface area (Å²) in [4.78, 5) is 13.1. The predicted molar refractivity (Wildman–Crippen MR) is 135 cm³/mol. The predicted octanol–water partition coefficient (Wildman–Crippen LogP) is 6.29. The zero-order valence-corrected chi connectivity index (χ0v) is 20.0. The van der Waals surface area contributed by atoms with Crippen LogP contribution in [0.4, 0.5) is 11.4 Å². The molecule has 0 atom stereocenters. The first-order chi connectivity index (χ1) is 15.7. The highest BCUT2D eigenvalue weighted by Gasteiger charge is 2.28. The molecule has 0 heterocycles. The van der Waals surface area contributed by atoms with Crippen molar-refractivity contribution < 1.29 is 13.2 Å². The Morgan fingerprint density at radius 2 is 1.52 bits per heavy atom. The number of hydrogen-bond acceptors (Lipinski definition) is 3. The van der Waals surface area contributed by atoms with Crippen molar-refractivity contribution in [2.75, 3.05) is 16.2 Å². The fourth-order valence-electron chi connectivity index (χ4n) is 3.49. The molecule has 33 heavy (non-hydrogen) atoms. The van der Waals surface area contributed by atoms with Crippen molar-refractivity contribution in [3.05, 3.63) is 101 Å². The summed E-state index contributed by atoms with van der Waals surface area (Å²) in [5, 5.41) is 5.17. The number of anilines is 2. The third-order valence-corrected chi connectivity index (χ3v) is 7.32. The molecule has 0 saturated heterocycles. The monoisotopic (exact) mass is 498 g/mol. The van der Waals surface area contributed by atoms with E-state index in [0.29, 0.717) is 5.69 Å². The quantitative estimate of drug-likeness (QED) is 0.339. The smallest absolute Gasteiger partial charge is 0.264 e. The van der Waals surface area contributed by atoms with Crippen LogP contribution >= 0.6 is 23.2 Å². The average Bonchev–Trinajstić information content (AvgIpc) is 2.77. The number of nitrogens with zero attached hydrogens (tertiary/aromatic N) is 1. The Bertz CT molecular complexity index is 1410. The van der Waals surface area contributed by atoms with Crippen LogP contribution in [-0.2, 0) is 14.8 Å². The normalized spacial score (nSPS) is 11.4. The Morgan fingerprint density at radius 1 is 0.879 bits per heavy atom. The van der Waals surface area contributed by atoms with Crippen molar-refractivity contribution in [2.24, 2.45) is 0 Å². The van der Waals surface area contributed by atoms with Crippen molar-refractivity contribution >= 4 is 61.3 Å². The average molecular weight is 499 g/mol. The van der Waals surface area contributed by atoms with Crippen molar-refractivity contribution in [3.8, 4) is 0 Å². The van der Waals surface area contributed by atoms with E-state index in [0.717, 1.165) is 20.6 Å². The minimum absolute atomic E-state index is 0.0576. The summed E-state index contributed by atoms with van der Waals surface area (Å²) < 4.78 is 28.1. The van der Waals surface area contributed by atoms with Gasteiger partial charge in [-0.1, -0.05) is 77.3 Å². The molecule has 0 radical (unpaired) electrons. The molecule has 1 N–H and O–H groups in total. The summed E-state index contributed by atoms with van der Waals surface area (Å²) in [6, 6.07) is 24.0. The van der Waals surface area contributed by atoms with Crippen LogP contribution in [0.5, 0.6) is 0 Å². The van der Waals surface area contributed by atoms with Gasteiger partial charge in [0.05, 0.1) is 10.6 Å². The first-order valence-electron chi connectivity index (χ1n) is 10.1. The first kappa shape index (κ1) is 23.1. The summed E-state index contributed by atoms with van der Waals surface area (Å²) in [6.07, 6.45) is 0. The van der Waals surface area contributed by atoms with Crippen LogP contribution in [0, 0.1) is 6.92 Å². The lowest BCUT2D eigenvalue weighted by Crippen LogP contribution is -2.38. The number of benzene rings is 4. The fourth-order valence-corrected chi connectivity index (χ4v) is 5.41. The zero-order chi connectivity index (χ0) is 23.6. The molecule has 0 fully saturated rings. The van der Waals surface area contributed by atoms with E-state index in [2.05, 4.69) is 5.32 Å². The van der Waals surface area contributed by atoms with Crippen LogP contribution in [0.1, 0.15) is 5.56 Å². The standard InChI is InChI=1S/C25H20Cl2N2O3S/c1-17-9-11-22(12-10-17)33(31,32)29(21-14-19(26)13-20(27)15-21)16-25(30)28-24-8-4-6-18-5-2-3-7-23(18)24/h2-15H,16H2,1H3,(H,28,30). The summed E-state index contributed by atoms with van der Waals surface area (Å²) in [5.74, 6) is -0.502. The van der Waals surface area contributed by atoms with E-state index in [9.17, 15) is 13.2 Å². The SMILES string of the molecule is Cc1ccc(S(=O)(=O)N(CC(=O)Nc2cccc3ccccc23)c2cc(Cl)cc(Cl)c2)cc1. The summed E-state index contributed by atoms with van der Waals surface area (Å²) in [7, 11) is -4.08. The van der Waals surface area contributed by atoms with E-state index in [4.69, 9.17) is 23.2 Å². The summed E-state index contributed by atoms with van der Waals surface area (Å²) in [6.45, 7) is 1.40. The lowest BCUT2D eigenvalue weighted by Gasteiger charge is -2.24. The maximum absolute atomic E-state index is 13.5. The van der Waals surface area contributed by atoms with Gasteiger partial charge >= 0.3 is 0 Å². The topological polar surface area (TPSA) is 66.5 Å². The number of carbonyl (C=O) groups excluding carboxylic acids is 1. The van der Waals surface area contributed by atoms with Crippen molar-refractivity contribution in [2.45, 2.75) is 11.8 Å². The molecule has 0 aliphatic carbocycles. The van der Waals surface area contributed by atoms with E-state index in [1.165, 1.54) is 30.3 Å². The van der Waals surface area contributed by atoms with Crippen molar-refractivity contribution in [3.63, 3.8) is 0 Å². The number of hydrogen-bond donors (Lipinski definition) is 1. The Kier molecular flexibility index (Phi) is 6.61. The summed E-state index contributed by atoms with van der Waals surface area (Å²) >= 11 is 12.3. The third kappa shape index (κ3) is 5.14. The number of sulfonamides is 1. The third-order valence-electron chi connectivity index (χ3n) is 5.10. The number of halogens is 2. The van der Waals surface area contributed by atoms with Crippen molar-refractivity contribution in [1.29, 1.82) is 0 Å². The second-order valence-corrected chi connectivity index (χ2v) is 10.3. The van der Waals surface area contributed by atoms with E-state index in [-0.39, 0.29) is 20.6 Å². The second kappa shape index (κ2) is 9.43. The highest BCUT2D eigenvalue weighted by Crippen LogP contribution is 2.30. The highest BCUT2D eigenvalue weighted by molar-refractivity contribution is 7.92. The minimum atomic E-state index is -4.08. The molecule has 4 aromatic carbocycles. The van der Waals surface area contributed by atoms with Gasteiger partial charge in [0.15, 0.2) is 0 Å². The Balaban J connectivity index is 1.71. The van der Waals surface area contributed by atoms with Gasteiger partial charge in [-0.3, -0.25) is 9.10 Å². The number of amides is 1. The molecule has 0 unspecified atom stereocenters. The lowest BCUT2D eigenvalue weighted by atomic mass is 10.1. The maximum atomic E-state index is 13.5. The largest absolute Gasteiger partial charge is 0.324 e. The first-order valence-corrected chi connectivity index (χ1v) is 12.3. The molecule has 0 aliphatic rings. The number of aryl methyl sites for hydroxylation is 1. The molecule has 5 nitrogen and oxygen atoms in total. The van der Waals surface area contributed by atoms with Crippen LogP contribution in [0.25, 0.3) is 10.8 Å². The molecule has 0 aliphatic heterocycles. The molecule has 168 valence electrons. The van der Waals surface area contributed by atoms with E-state index < -0.39 is 22.5 Å². The number of nitrogens with one attached hydrogen (secondary N) is 1. The number of rotatable bonds is 6. The molecule has 4 rings (SSSR count). The van der Waals surface area contributed by atoms with E-state index in [1.807, 2.05) is 43.3 Å². The van der Waals surface area contributed by atoms with Crippen LogP contribution in [0.3, 0.4) is 0 Å². The van der Waals surface area contributed by atoms with Gasteiger partial charge in [-0.2, -0.15) is 0 Å². The van der Waals surface area contributed by atoms with Gasteiger partial charge in [-0.05, 0) is 48.7 Å². The van der Waals surface area contributed by atoms with Gasteiger partial charge in [0.25, 0.3) is 10.0 Å². The van der Waals surface area contributed by atoms with Gasteiger partial charge < -0.3 is 5.32 Å². The summed E-state index contributed by atoms with van der Waals surface area (Å²) in [5.41, 5.74) is 1.70. The van der Waals surface area contributed by atoms with Crippen molar-refractivity contribution in [1.82, 2.24) is 0 Å². The van der Waals surface area contributed by atoms with Gasteiger partial charge in [0.1, 0.15) is 6.54 Å². The van der Waals surface area contributed by atoms with E-state index in [1.54, 1.807) is 18.2 Å². The maximum Gasteiger partial charge on any atom is 0.264 e. The molecule has 0 aromatic heterocycles. The van der Waals surface area contributed by atoms with Crippen LogP contribution in [0.2, 0.25) is 10.0 Å². The molecular weight excluding hydrogens is 479 g/mol. The van der Waals surface area contributed by atoms with Gasteiger partial charge in [0.2, 0.25) is 5.91 Å². The second-order valence-electron chi connectivity index (χ2n) is 7.53. The molecule has 0 saturated carbocycles. The molecule has 0 spiro atoms. The Morgan fingerprint density at radius 3 is 2.21 bits per heavy atom. The van der Waals surface area contributed by atoms with Crippen LogP contribution < -0.4 is 9.62 Å². The fraction of sp³-hybridized carbons (Fsp3) is 0.0800. The Labute approximate surface area is 202 Å². The molecule has 0 bridgehead atoms. The van der Waals surface area contributed by atoms with Gasteiger partial charge in [-0.25, -0.2) is 8.42 Å². The van der Waals surface area contributed by atoms with Gasteiger partial charge in [0, 0.05) is 21.1 Å². The molecular formula is C25H20Cl2N2O3S. The zero-order valence-electron chi connectivity index (χ0n) is 17.6. The minimum Gasteiger partial charge on any atom is -0.324 e. The molecule has 8 heteroatoms. The van der Waals surface area contributed by atoms with Crippen LogP contribution in [0.15, 0.2) is 89.8 Å². The highest BCUT2D eigenvalue weighted by atomic mass is 35.5. The van der Waals surface area contributed by atoms with E-state index >= 15 is 0 Å².